The SMILES string of the molecule is CC(C)c1ccccc1OCCNC(=O)[C@H](C)Oc1ccc2ccccc2c1. The highest BCUT2D eigenvalue weighted by atomic mass is 16.5. The summed E-state index contributed by atoms with van der Waals surface area (Å²) < 4.78 is 11.6. The van der Waals surface area contributed by atoms with Crippen LogP contribution in [0, 0.1) is 0 Å². The van der Waals surface area contributed by atoms with Crippen LogP contribution in [0.2, 0.25) is 0 Å². The first-order valence-corrected chi connectivity index (χ1v) is 9.69. The first-order chi connectivity index (χ1) is 13.5. The Balaban J connectivity index is 1.48. The lowest BCUT2D eigenvalue weighted by Gasteiger charge is -2.16. The summed E-state index contributed by atoms with van der Waals surface area (Å²) >= 11 is 0. The largest absolute Gasteiger partial charge is 0.491 e. The van der Waals surface area contributed by atoms with Crippen LogP contribution in [-0.4, -0.2) is 25.2 Å². The first-order valence-electron chi connectivity index (χ1n) is 9.69. The molecule has 0 spiro atoms. The molecule has 0 saturated carbocycles. The van der Waals surface area contributed by atoms with Crippen LogP contribution >= 0.6 is 0 Å². The third kappa shape index (κ3) is 5.03. The van der Waals surface area contributed by atoms with Gasteiger partial charge in [-0.2, -0.15) is 0 Å². The molecule has 0 unspecified atom stereocenters. The molecule has 4 nitrogen and oxygen atoms in total. The number of hydrogen-bond acceptors (Lipinski definition) is 3. The van der Waals surface area contributed by atoms with E-state index in [4.69, 9.17) is 9.47 Å². The summed E-state index contributed by atoms with van der Waals surface area (Å²) in [6.45, 7) is 6.86. The summed E-state index contributed by atoms with van der Waals surface area (Å²) in [6.07, 6.45) is -0.580. The lowest BCUT2D eigenvalue weighted by atomic mass is 10.0. The third-order valence-electron chi connectivity index (χ3n) is 4.60. The molecule has 3 aromatic carbocycles. The van der Waals surface area contributed by atoms with Crippen molar-refractivity contribution in [2.75, 3.05) is 13.2 Å². The number of amides is 1. The zero-order valence-corrected chi connectivity index (χ0v) is 16.6. The van der Waals surface area contributed by atoms with Crippen molar-refractivity contribution in [2.24, 2.45) is 0 Å². The molecule has 3 rings (SSSR count). The van der Waals surface area contributed by atoms with Crippen LogP contribution in [0.4, 0.5) is 0 Å². The van der Waals surface area contributed by atoms with Gasteiger partial charge in [0.05, 0.1) is 6.54 Å². The zero-order valence-electron chi connectivity index (χ0n) is 16.6. The molecule has 0 aliphatic heterocycles. The normalized spacial score (nSPS) is 12.0. The standard InChI is InChI=1S/C24H27NO3/c1-17(2)22-10-6-7-11-23(22)27-15-14-25-24(26)18(3)28-21-13-12-19-8-4-5-9-20(19)16-21/h4-13,16-18H,14-15H2,1-3H3,(H,25,26)/t18-/m0/s1. The topological polar surface area (TPSA) is 47.6 Å². The Labute approximate surface area is 166 Å². The summed E-state index contributed by atoms with van der Waals surface area (Å²) in [6, 6.07) is 21.9. The van der Waals surface area contributed by atoms with E-state index in [-0.39, 0.29) is 5.91 Å². The highest BCUT2D eigenvalue weighted by Gasteiger charge is 2.14. The second kappa shape index (κ2) is 9.27. The van der Waals surface area contributed by atoms with E-state index >= 15 is 0 Å². The van der Waals surface area contributed by atoms with Gasteiger partial charge in [0.25, 0.3) is 5.91 Å². The van der Waals surface area contributed by atoms with E-state index in [1.165, 1.54) is 5.56 Å². The molecule has 1 N–H and O–H groups in total. The van der Waals surface area contributed by atoms with E-state index in [2.05, 4.69) is 25.2 Å². The summed E-state index contributed by atoms with van der Waals surface area (Å²) in [7, 11) is 0. The number of nitrogens with one attached hydrogen (secondary N) is 1. The Morgan fingerprint density at radius 1 is 0.929 bits per heavy atom. The van der Waals surface area contributed by atoms with Crippen molar-refractivity contribution in [3.05, 3.63) is 72.3 Å². The van der Waals surface area contributed by atoms with Crippen LogP contribution in [0.3, 0.4) is 0 Å². The highest BCUT2D eigenvalue weighted by molar-refractivity contribution is 5.84. The molecular weight excluding hydrogens is 350 g/mol. The summed E-state index contributed by atoms with van der Waals surface area (Å²) in [5, 5.41) is 5.10. The van der Waals surface area contributed by atoms with Gasteiger partial charge in [-0.1, -0.05) is 62.4 Å². The van der Waals surface area contributed by atoms with Gasteiger partial charge in [0, 0.05) is 0 Å². The minimum atomic E-state index is -0.580. The van der Waals surface area contributed by atoms with Crippen molar-refractivity contribution in [1.82, 2.24) is 5.32 Å². The van der Waals surface area contributed by atoms with Gasteiger partial charge in [0.15, 0.2) is 6.10 Å². The second-order valence-electron chi connectivity index (χ2n) is 7.10. The van der Waals surface area contributed by atoms with Crippen molar-refractivity contribution in [1.29, 1.82) is 0 Å². The van der Waals surface area contributed by atoms with Gasteiger partial charge in [-0.15, -0.1) is 0 Å². The fourth-order valence-corrected chi connectivity index (χ4v) is 3.07. The van der Waals surface area contributed by atoms with Crippen molar-refractivity contribution in [3.63, 3.8) is 0 Å². The average Bonchev–Trinajstić information content (AvgIpc) is 2.71. The van der Waals surface area contributed by atoms with Gasteiger partial charge in [0.2, 0.25) is 0 Å². The molecule has 146 valence electrons. The summed E-state index contributed by atoms with van der Waals surface area (Å²) in [5.41, 5.74) is 1.17. The van der Waals surface area contributed by atoms with Crippen LogP contribution in [0.25, 0.3) is 10.8 Å². The summed E-state index contributed by atoms with van der Waals surface area (Å²) in [4.78, 5) is 12.3. The van der Waals surface area contributed by atoms with E-state index < -0.39 is 6.10 Å². The van der Waals surface area contributed by atoms with Crippen LogP contribution in [0.1, 0.15) is 32.3 Å². The van der Waals surface area contributed by atoms with Crippen LogP contribution in [-0.2, 0) is 4.79 Å². The Kier molecular flexibility index (Phi) is 6.53. The predicted octanol–water partition coefficient (Wildman–Crippen LogP) is 4.93. The molecule has 0 aromatic heterocycles. The van der Waals surface area contributed by atoms with Crippen molar-refractivity contribution in [2.45, 2.75) is 32.8 Å². The van der Waals surface area contributed by atoms with Gasteiger partial charge in [-0.3, -0.25) is 4.79 Å². The number of carbonyl (C=O) groups is 1. The number of carbonyl (C=O) groups excluding carboxylic acids is 1. The molecule has 0 aliphatic carbocycles. The molecule has 0 radical (unpaired) electrons. The number of para-hydroxylation sites is 1. The number of fused-ring (bicyclic) bond motifs is 1. The maximum Gasteiger partial charge on any atom is 0.260 e. The van der Waals surface area contributed by atoms with Gasteiger partial charge in [-0.25, -0.2) is 0 Å². The predicted molar refractivity (Wildman–Crippen MR) is 113 cm³/mol. The number of ether oxygens (including phenoxy) is 2. The zero-order chi connectivity index (χ0) is 19.9. The lowest BCUT2D eigenvalue weighted by molar-refractivity contribution is -0.127. The fraction of sp³-hybridized carbons (Fsp3) is 0.292. The van der Waals surface area contributed by atoms with Gasteiger partial charge in [-0.05, 0) is 47.4 Å². The van der Waals surface area contributed by atoms with Gasteiger partial charge < -0.3 is 14.8 Å². The van der Waals surface area contributed by atoms with Gasteiger partial charge in [0.1, 0.15) is 18.1 Å². The molecule has 4 heteroatoms. The molecule has 28 heavy (non-hydrogen) atoms. The molecule has 1 atom stereocenters. The smallest absolute Gasteiger partial charge is 0.260 e. The molecule has 0 fully saturated rings. The Hall–Kier alpha value is -3.01. The fourth-order valence-electron chi connectivity index (χ4n) is 3.07. The van der Waals surface area contributed by atoms with Gasteiger partial charge >= 0.3 is 0 Å². The number of rotatable bonds is 8. The number of benzene rings is 3. The lowest BCUT2D eigenvalue weighted by Crippen LogP contribution is -2.38. The highest BCUT2D eigenvalue weighted by Crippen LogP contribution is 2.25. The van der Waals surface area contributed by atoms with Crippen LogP contribution < -0.4 is 14.8 Å². The average molecular weight is 377 g/mol. The molecular formula is C24H27NO3. The van der Waals surface area contributed by atoms with E-state index in [1.807, 2.05) is 60.7 Å². The van der Waals surface area contributed by atoms with Crippen molar-refractivity contribution >= 4 is 16.7 Å². The Morgan fingerprint density at radius 2 is 1.64 bits per heavy atom. The first kappa shape index (κ1) is 19.7. The monoisotopic (exact) mass is 377 g/mol. The molecule has 0 aliphatic rings. The van der Waals surface area contributed by atoms with Crippen LogP contribution in [0.5, 0.6) is 11.5 Å². The van der Waals surface area contributed by atoms with Crippen molar-refractivity contribution < 1.29 is 14.3 Å². The minimum absolute atomic E-state index is 0.158. The number of hydrogen-bond donors (Lipinski definition) is 1. The van der Waals surface area contributed by atoms with E-state index in [0.717, 1.165) is 16.5 Å². The molecule has 0 bridgehead atoms. The molecule has 3 aromatic rings. The maximum absolute atomic E-state index is 12.3. The third-order valence-corrected chi connectivity index (χ3v) is 4.60. The van der Waals surface area contributed by atoms with E-state index in [0.29, 0.717) is 24.8 Å². The maximum atomic E-state index is 12.3. The quantitative estimate of drug-likeness (QED) is 0.567. The Bertz CT molecular complexity index is 936. The Morgan fingerprint density at radius 3 is 2.43 bits per heavy atom. The van der Waals surface area contributed by atoms with E-state index in [9.17, 15) is 4.79 Å². The molecule has 1 amide bonds. The second-order valence-corrected chi connectivity index (χ2v) is 7.10. The molecule has 0 heterocycles. The summed E-state index contributed by atoms with van der Waals surface area (Å²) in [5.74, 6) is 1.78. The van der Waals surface area contributed by atoms with Crippen molar-refractivity contribution in [3.8, 4) is 11.5 Å². The molecule has 0 saturated heterocycles. The van der Waals surface area contributed by atoms with Crippen LogP contribution in [0.15, 0.2) is 66.7 Å². The minimum Gasteiger partial charge on any atom is -0.491 e. The van der Waals surface area contributed by atoms with E-state index in [1.54, 1.807) is 6.92 Å².